The van der Waals surface area contributed by atoms with Crippen LogP contribution in [-0.2, 0) is 31.9 Å². The quantitative estimate of drug-likeness (QED) is 0.156. The zero-order valence-electron chi connectivity index (χ0n) is 27.9. The zero-order valence-corrected chi connectivity index (χ0v) is 28.9. The molecule has 0 amide bonds. The van der Waals surface area contributed by atoms with Gasteiger partial charge < -0.3 is 32.9 Å². The van der Waals surface area contributed by atoms with E-state index >= 15 is 0 Å². The summed E-state index contributed by atoms with van der Waals surface area (Å²) >= 11 is 0. The highest BCUT2D eigenvalue weighted by atomic mass is 28.4. The van der Waals surface area contributed by atoms with E-state index in [1.807, 2.05) is 24.3 Å². The summed E-state index contributed by atoms with van der Waals surface area (Å²) in [4.78, 5) is 4.80. The predicted molar refractivity (Wildman–Crippen MR) is 174 cm³/mol. The van der Waals surface area contributed by atoms with Crippen molar-refractivity contribution in [2.24, 2.45) is 0 Å². The lowest BCUT2D eigenvalue weighted by molar-refractivity contribution is -0.126. The van der Waals surface area contributed by atoms with E-state index in [4.69, 9.17) is 32.8 Å². The van der Waals surface area contributed by atoms with Gasteiger partial charge in [0.2, 0.25) is 14.2 Å². The van der Waals surface area contributed by atoms with Gasteiger partial charge in [-0.25, -0.2) is 4.98 Å². The second-order valence-corrected chi connectivity index (χ2v) is 19.0. The van der Waals surface area contributed by atoms with E-state index in [1.165, 1.54) is 5.57 Å². The lowest BCUT2D eigenvalue weighted by atomic mass is 9.91. The van der Waals surface area contributed by atoms with Crippen molar-refractivity contribution in [3.63, 3.8) is 0 Å². The summed E-state index contributed by atoms with van der Waals surface area (Å²) in [7, 11) is -0.454. The Kier molecular flexibility index (Phi) is 12.7. The molecule has 2 fully saturated rings. The molecule has 8 nitrogen and oxygen atoms in total. The molecule has 0 spiro atoms. The van der Waals surface area contributed by atoms with E-state index in [0.29, 0.717) is 35.5 Å². The van der Waals surface area contributed by atoms with Crippen molar-refractivity contribution in [2.45, 2.75) is 140 Å². The summed E-state index contributed by atoms with van der Waals surface area (Å²) in [5.41, 5.74) is 4.50. The normalized spacial score (nSPS) is 24.9. The average Bonchev–Trinajstić information content (AvgIpc) is 3.44. The Labute approximate surface area is 265 Å². The second kappa shape index (κ2) is 16.0. The van der Waals surface area contributed by atoms with Crippen LogP contribution in [0, 0.1) is 0 Å². The molecule has 9 heteroatoms. The standard InChI is InChI=1S/C35H55NO7Si/c1-23(2)44(24(3)4,25(5)6)43-32-18-31(17-30-16-26(7)15-29(41-30)13-14-37)42-34(19-32)33-21-40-35(36-33)22-39-20-27-9-11-28(38-8)12-10-27/h9-12,21,23-25,29-32,34,37H,7,13-20,22H2,1-6,8H3/t29-,30+,31+,32+,34+/m0/s1. The van der Waals surface area contributed by atoms with Crippen LogP contribution in [0.5, 0.6) is 5.75 Å². The molecule has 44 heavy (non-hydrogen) atoms. The molecule has 2 aromatic rings. The molecule has 3 heterocycles. The van der Waals surface area contributed by atoms with Crippen LogP contribution in [0.3, 0.4) is 0 Å². The van der Waals surface area contributed by atoms with Gasteiger partial charge in [0, 0.05) is 19.4 Å². The average molecular weight is 630 g/mol. The van der Waals surface area contributed by atoms with Gasteiger partial charge in [0.1, 0.15) is 30.4 Å². The summed E-state index contributed by atoms with van der Waals surface area (Å²) in [6, 6.07) is 7.83. The lowest BCUT2D eigenvalue weighted by Crippen LogP contribution is -2.52. The number of hydrogen-bond acceptors (Lipinski definition) is 8. The SMILES string of the molecule is C=C1C[C@H](C[C@@H]2C[C@@H](O[Si](C(C)C)(C(C)C)C(C)C)C[C@H](c3coc(COCc4ccc(OC)cc4)n3)O2)O[C@@H](CCO)C1. The monoisotopic (exact) mass is 629 g/mol. The second-order valence-electron chi connectivity index (χ2n) is 13.6. The summed E-state index contributed by atoms with van der Waals surface area (Å²) < 4.78 is 37.5. The Morgan fingerprint density at radius 1 is 0.932 bits per heavy atom. The van der Waals surface area contributed by atoms with Crippen LogP contribution in [0.25, 0.3) is 0 Å². The summed E-state index contributed by atoms with van der Waals surface area (Å²) in [6.07, 6.45) is 6.08. The minimum Gasteiger partial charge on any atom is -0.497 e. The van der Waals surface area contributed by atoms with Crippen molar-refractivity contribution >= 4 is 8.32 Å². The molecule has 2 saturated heterocycles. The first-order valence-corrected chi connectivity index (χ1v) is 18.6. The molecule has 0 unspecified atom stereocenters. The minimum absolute atomic E-state index is 0.0107. The van der Waals surface area contributed by atoms with E-state index in [0.717, 1.165) is 49.1 Å². The molecule has 0 saturated carbocycles. The summed E-state index contributed by atoms with van der Waals surface area (Å²) in [6.45, 7) is 19.1. The number of oxazole rings is 1. The van der Waals surface area contributed by atoms with Gasteiger partial charge in [-0.3, -0.25) is 0 Å². The molecule has 4 rings (SSSR count). The third-order valence-electron chi connectivity index (χ3n) is 9.38. The molecule has 5 atom stereocenters. The van der Waals surface area contributed by atoms with E-state index < -0.39 is 8.32 Å². The fourth-order valence-corrected chi connectivity index (χ4v) is 13.1. The summed E-state index contributed by atoms with van der Waals surface area (Å²) in [5, 5.41) is 9.51. The van der Waals surface area contributed by atoms with Crippen LogP contribution >= 0.6 is 0 Å². The van der Waals surface area contributed by atoms with Crippen LogP contribution in [0.2, 0.25) is 16.6 Å². The molecule has 0 radical (unpaired) electrons. The highest BCUT2D eigenvalue weighted by Crippen LogP contribution is 2.46. The van der Waals surface area contributed by atoms with Gasteiger partial charge in [0.15, 0.2) is 0 Å². The first-order chi connectivity index (χ1) is 21.0. The smallest absolute Gasteiger partial charge is 0.220 e. The van der Waals surface area contributed by atoms with Crippen LogP contribution in [0.1, 0.15) is 103 Å². The van der Waals surface area contributed by atoms with E-state index in [-0.39, 0.29) is 43.7 Å². The molecule has 246 valence electrons. The topological polar surface area (TPSA) is 92.4 Å². The molecular weight excluding hydrogens is 574 g/mol. The van der Waals surface area contributed by atoms with Crippen molar-refractivity contribution in [2.75, 3.05) is 13.7 Å². The van der Waals surface area contributed by atoms with Crippen molar-refractivity contribution in [3.05, 3.63) is 59.8 Å². The number of ether oxygens (including phenoxy) is 4. The predicted octanol–water partition coefficient (Wildman–Crippen LogP) is 8.06. The molecule has 1 aromatic heterocycles. The largest absolute Gasteiger partial charge is 0.497 e. The Morgan fingerprint density at radius 2 is 1.61 bits per heavy atom. The van der Waals surface area contributed by atoms with Crippen LogP contribution in [-0.4, -0.2) is 56.5 Å². The first kappa shape index (κ1) is 34.9. The maximum absolute atomic E-state index is 9.51. The number of aliphatic hydroxyl groups is 1. The maximum atomic E-state index is 9.51. The van der Waals surface area contributed by atoms with E-state index in [9.17, 15) is 5.11 Å². The number of nitrogens with zero attached hydrogens (tertiary/aromatic N) is 1. The third kappa shape index (κ3) is 8.83. The van der Waals surface area contributed by atoms with Gasteiger partial charge in [0.05, 0.1) is 38.1 Å². The first-order valence-electron chi connectivity index (χ1n) is 16.4. The van der Waals surface area contributed by atoms with E-state index in [1.54, 1.807) is 13.4 Å². The van der Waals surface area contributed by atoms with Gasteiger partial charge in [0.25, 0.3) is 0 Å². The number of rotatable bonds is 15. The maximum Gasteiger partial charge on any atom is 0.220 e. The van der Waals surface area contributed by atoms with Gasteiger partial charge in [-0.15, -0.1) is 0 Å². The molecule has 2 aliphatic heterocycles. The van der Waals surface area contributed by atoms with Gasteiger partial charge >= 0.3 is 0 Å². The minimum atomic E-state index is -2.11. The number of aromatic nitrogens is 1. The Hall–Kier alpha value is -2.01. The zero-order chi connectivity index (χ0) is 31.9. The highest BCUT2D eigenvalue weighted by Gasteiger charge is 2.48. The van der Waals surface area contributed by atoms with Crippen molar-refractivity contribution in [3.8, 4) is 5.75 Å². The number of aliphatic hydroxyl groups excluding tert-OH is 1. The number of benzene rings is 1. The Bertz CT molecular complexity index is 1140. The number of hydrogen-bond donors (Lipinski definition) is 1. The Balaban J connectivity index is 1.48. The van der Waals surface area contributed by atoms with Crippen molar-refractivity contribution in [1.82, 2.24) is 4.98 Å². The van der Waals surface area contributed by atoms with Crippen molar-refractivity contribution < 1.29 is 32.9 Å². The Morgan fingerprint density at radius 3 is 2.25 bits per heavy atom. The van der Waals surface area contributed by atoms with Gasteiger partial charge in [-0.05, 0) is 60.0 Å². The molecule has 1 aromatic carbocycles. The molecule has 0 bridgehead atoms. The van der Waals surface area contributed by atoms with E-state index in [2.05, 4.69) is 48.1 Å². The molecule has 1 N–H and O–H groups in total. The summed E-state index contributed by atoms with van der Waals surface area (Å²) in [5.74, 6) is 1.35. The van der Waals surface area contributed by atoms with Crippen molar-refractivity contribution in [1.29, 1.82) is 0 Å². The van der Waals surface area contributed by atoms with Gasteiger partial charge in [-0.2, -0.15) is 0 Å². The molecular formula is C35H55NO7Si. The highest BCUT2D eigenvalue weighted by molar-refractivity contribution is 6.77. The molecule has 0 aliphatic carbocycles. The van der Waals surface area contributed by atoms with Crippen LogP contribution in [0.15, 0.2) is 47.1 Å². The third-order valence-corrected chi connectivity index (χ3v) is 15.5. The molecule has 2 aliphatic rings. The lowest BCUT2D eigenvalue weighted by Gasteiger charge is -2.47. The number of methoxy groups -OCH3 is 1. The fraction of sp³-hybridized carbons (Fsp3) is 0.686. The van der Waals surface area contributed by atoms with Gasteiger partial charge in [-0.1, -0.05) is 65.8 Å². The fourth-order valence-electron chi connectivity index (χ4n) is 7.47. The van der Waals surface area contributed by atoms with Crippen LogP contribution < -0.4 is 4.74 Å². The van der Waals surface area contributed by atoms with Crippen LogP contribution in [0.4, 0.5) is 0 Å².